The molecular weight excluding hydrogens is 212 g/mol. The van der Waals surface area contributed by atoms with Crippen LogP contribution >= 0.6 is 0 Å². The van der Waals surface area contributed by atoms with Crippen LogP contribution in [0, 0.1) is 5.41 Å². The van der Waals surface area contributed by atoms with E-state index in [0.29, 0.717) is 6.61 Å². The van der Waals surface area contributed by atoms with Crippen molar-refractivity contribution in [2.24, 2.45) is 5.41 Å². The number of hydrogen-bond acceptors (Lipinski definition) is 2. The van der Waals surface area contributed by atoms with Gasteiger partial charge in [0.1, 0.15) is 12.4 Å². The zero-order valence-electron chi connectivity index (χ0n) is 10.5. The number of ketones is 1. The molecule has 2 heteroatoms. The summed E-state index contributed by atoms with van der Waals surface area (Å²) in [7, 11) is 0. The molecule has 1 aromatic rings. The Labute approximate surface area is 102 Å². The van der Waals surface area contributed by atoms with E-state index in [1.54, 1.807) is 6.08 Å². The number of carbonyl (C=O) groups excluding carboxylic acids is 1. The van der Waals surface area contributed by atoms with Gasteiger partial charge in [-0.15, -0.1) is 0 Å². The number of aryl methyl sites for hydroxylation is 1. The Kier molecular flexibility index (Phi) is 3.05. The van der Waals surface area contributed by atoms with Gasteiger partial charge in [-0.1, -0.05) is 26.5 Å². The lowest BCUT2D eigenvalue weighted by atomic mass is 9.73. The fourth-order valence-electron chi connectivity index (χ4n) is 2.17. The molecule has 1 aliphatic rings. The maximum absolute atomic E-state index is 12.2. The maximum Gasteiger partial charge on any atom is 0.168 e. The molecule has 90 valence electrons. The van der Waals surface area contributed by atoms with Gasteiger partial charge in [-0.25, -0.2) is 0 Å². The van der Waals surface area contributed by atoms with Gasteiger partial charge in [0.2, 0.25) is 0 Å². The Bertz CT molecular complexity index is 458. The minimum absolute atomic E-state index is 0.226. The molecule has 0 amide bonds. The summed E-state index contributed by atoms with van der Waals surface area (Å²) in [6.45, 7) is 8.14. The molecule has 0 bridgehead atoms. The van der Waals surface area contributed by atoms with Crippen LogP contribution in [0.5, 0.6) is 5.75 Å². The van der Waals surface area contributed by atoms with Crippen molar-refractivity contribution in [2.45, 2.75) is 26.7 Å². The molecule has 0 aromatic heterocycles. The van der Waals surface area contributed by atoms with E-state index in [1.807, 2.05) is 32.0 Å². The summed E-state index contributed by atoms with van der Waals surface area (Å²) in [5.74, 6) is 1.06. The number of Topliss-reactive ketones (excluding diaryl/α,β-unsaturated/α-hetero) is 1. The van der Waals surface area contributed by atoms with Gasteiger partial charge < -0.3 is 4.74 Å². The molecule has 17 heavy (non-hydrogen) atoms. The van der Waals surface area contributed by atoms with Crippen molar-refractivity contribution in [3.63, 3.8) is 0 Å². The predicted octanol–water partition coefficient (Wildman–Crippen LogP) is 3.41. The highest BCUT2D eigenvalue weighted by molar-refractivity contribution is 6.02. The second-order valence-corrected chi connectivity index (χ2v) is 5.13. The fraction of sp³-hybridized carbons (Fsp3) is 0.400. The zero-order chi connectivity index (χ0) is 12.5. The number of carbonyl (C=O) groups is 1. The number of rotatable bonds is 3. The summed E-state index contributed by atoms with van der Waals surface area (Å²) >= 11 is 0. The molecule has 0 heterocycles. The molecule has 1 aromatic carbocycles. The van der Waals surface area contributed by atoms with E-state index in [-0.39, 0.29) is 11.2 Å². The first-order valence-corrected chi connectivity index (χ1v) is 5.96. The van der Waals surface area contributed by atoms with Crippen LogP contribution < -0.4 is 4.74 Å². The molecular formula is C15H18O2. The van der Waals surface area contributed by atoms with Gasteiger partial charge in [0.25, 0.3) is 0 Å². The molecule has 0 atom stereocenters. The summed E-state index contributed by atoms with van der Waals surface area (Å²) in [5, 5.41) is 0. The number of fused-ring (bicyclic) bond motifs is 1. The van der Waals surface area contributed by atoms with E-state index in [0.717, 1.165) is 29.7 Å². The van der Waals surface area contributed by atoms with Crippen LogP contribution in [-0.4, -0.2) is 12.4 Å². The van der Waals surface area contributed by atoms with Crippen molar-refractivity contribution >= 4 is 5.78 Å². The van der Waals surface area contributed by atoms with Gasteiger partial charge in [0.05, 0.1) is 0 Å². The molecule has 0 N–H and O–H groups in total. The molecule has 0 unspecified atom stereocenters. The van der Waals surface area contributed by atoms with Gasteiger partial charge in [-0.3, -0.25) is 4.79 Å². The SMILES string of the molecule is C=CCOc1ccc2c(c1)CCC(C)(C)C2=O. The average Bonchev–Trinajstić information content (AvgIpc) is 2.32. The van der Waals surface area contributed by atoms with Gasteiger partial charge in [0.15, 0.2) is 5.78 Å². The number of hydrogen-bond donors (Lipinski definition) is 0. The second-order valence-electron chi connectivity index (χ2n) is 5.13. The van der Waals surface area contributed by atoms with Gasteiger partial charge in [-0.2, -0.15) is 0 Å². The van der Waals surface area contributed by atoms with Crippen molar-refractivity contribution in [1.82, 2.24) is 0 Å². The first-order chi connectivity index (χ1) is 8.04. The molecule has 0 radical (unpaired) electrons. The Morgan fingerprint density at radius 2 is 2.24 bits per heavy atom. The van der Waals surface area contributed by atoms with Crippen LogP contribution in [-0.2, 0) is 6.42 Å². The van der Waals surface area contributed by atoms with Crippen LogP contribution in [0.15, 0.2) is 30.9 Å². The zero-order valence-corrected chi connectivity index (χ0v) is 10.5. The average molecular weight is 230 g/mol. The van der Waals surface area contributed by atoms with Crippen molar-refractivity contribution in [3.8, 4) is 5.75 Å². The van der Waals surface area contributed by atoms with Crippen LogP contribution in [0.3, 0.4) is 0 Å². The largest absolute Gasteiger partial charge is 0.490 e. The second kappa shape index (κ2) is 4.36. The highest BCUT2D eigenvalue weighted by Gasteiger charge is 2.33. The smallest absolute Gasteiger partial charge is 0.168 e. The summed E-state index contributed by atoms with van der Waals surface area (Å²) in [6.07, 6.45) is 3.57. The molecule has 0 saturated heterocycles. The van der Waals surface area contributed by atoms with Crippen molar-refractivity contribution < 1.29 is 9.53 Å². The summed E-state index contributed by atoms with van der Waals surface area (Å²) in [6, 6.07) is 5.73. The monoisotopic (exact) mass is 230 g/mol. The third kappa shape index (κ3) is 2.26. The predicted molar refractivity (Wildman–Crippen MR) is 68.6 cm³/mol. The van der Waals surface area contributed by atoms with Gasteiger partial charge in [0, 0.05) is 11.0 Å². The molecule has 0 saturated carbocycles. The Morgan fingerprint density at radius 1 is 1.47 bits per heavy atom. The summed E-state index contributed by atoms with van der Waals surface area (Å²) < 4.78 is 5.48. The van der Waals surface area contributed by atoms with E-state index in [4.69, 9.17) is 4.74 Å². The van der Waals surface area contributed by atoms with Gasteiger partial charge in [-0.05, 0) is 36.6 Å². The lowest BCUT2D eigenvalue weighted by Gasteiger charge is -2.29. The molecule has 1 aliphatic carbocycles. The van der Waals surface area contributed by atoms with E-state index < -0.39 is 0 Å². The lowest BCUT2D eigenvalue weighted by Crippen LogP contribution is -2.30. The minimum atomic E-state index is -0.226. The van der Waals surface area contributed by atoms with E-state index >= 15 is 0 Å². The lowest BCUT2D eigenvalue weighted by molar-refractivity contribution is 0.0811. The van der Waals surface area contributed by atoms with Crippen LogP contribution in [0.4, 0.5) is 0 Å². The normalized spacial score (nSPS) is 17.4. The Balaban J connectivity index is 2.30. The third-order valence-corrected chi connectivity index (χ3v) is 3.32. The quantitative estimate of drug-likeness (QED) is 0.744. The van der Waals surface area contributed by atoms with E-state index in [9.17, 15) is 4.79 Å². The Hall–Kier alpha value is -1.57. The highest BCUT2D eigenvalue weighted by atomic mass is 16.5. The number of ether oxygens (including phenoxy) is 1. The molecule has 0 spiro atoms. The Morgan fingerprint density at radius 3 is 2.94 bits per heavy atom. The molecule has 0 aliphatic heterocycles. The highest BCUT2D eigenvalue weighted by Crippen LogP contribution is 2.35. The van der Waals surface area contributed by atoms with Crippen molar-refractivity contribution in [1.29, 1.82) is 0 Å². The fourth-order valence-corrected chi connectivity index (χ4v) is 2.17. The maximum atomic E-state index is 12.2. The standard InChI is InChI=1S/C15H18O2/c1-4-9-17-12-5-6-13-11(10-12)7-8-15(2,3)14(13)16/h4-6,10H,1,7-9H2,2-3H3. The topological polar surface area (TPSA) is 26.3 Å². The first-order valence-electron chi connectivity index (χ1n) is 5.96. The molecule has 2 rings (SSSR count). The summed E-state index contributed by atoms with van der Waals surface area (Å²) in [5.41, 5.74) is 1.74. The molecule has 2 nitrogen and oxygen atoms in total. The van der Waals surface area contributed by atoms with Gasteiger partial charge >= 0.3 is 0 Å². The molecule has 0 fully saturated rings. The van der Waals surface area contributed by atoms with Crippen LogP contribution in [0.25, 0.3) is 0 Å². The first kappa shape index (κ1) is 11.9. The van der Waals surface area contributed by atoms with E-state index in [2.05, 4.69) is 6.58 Å². The van der Waals surface area contributed by atoms with Crippen LogP contribution in [0.2, 0.25) is 0 Å². The minimum Gasteiger partial charge on any atom is -0.490 e. The van der Waals surface area contributed by atoms with E-state index in [1.165, 1.54) is 0 Å². The third-order valence-electron chi connectivity index (χ3n) is 3.32. The van der Waals surface area contributed by atoms with Crippen LogP contribution in [0.1, 0.15) is 36.2 Å². The number of benzene rings is 1. The summed E-state index contributed by atoms with van der Waals surface area (Å²) in [4.78, 5) is 12.2. The van der Waals surface area contributed by atoms with Crippen molar-refractivity contribution in [2.75, 3.05) is 6.61 Å². The van der Waals surface area contributed by atoms with Crippen molar-refractivity contribution in [3.05, 3.63) is 42.0 Å².